The number of rotatable bonds is 6. The van der Waals surface area contributed by atoms with Gasteiger partial charge in [-0.25, -0.2) is 9.97 Å². The van der Waals surface area contributed by atoms with Gasteiger partial charge in [0.1, 0.15) is 17.2 Å². The molecule has 36 heavy (non-hydrogen) atoms. The number of alkyl halides is 3. The molecule has 3 N–H and O–H groups in total. The first-order valence-electron chi connectivity index (χ1n) is 11.6. The van der Waals surface area contributed by atoms with Crippen LogP contribution >= 0.6 is 0 Å². The summed E-state index contributed by atoms with van der Waals surface area (Å²) < 4.78 is 39.1. The zero-order chi connectivity index (χ0) is 26.1. The van der Waals surface area contributed by atoms with Crippen LogP contribution in [0.3, 0.4) is 0 Å². The second-order valence-corrected chi connectivity index (χ2v) is 9.43. The quantitative estimate of drug-likeness (QED) is 0.398. The monoisotopic (exact) mass is 500 g/mol. The first kappa shape index (κ1) is 25.6. The molecule has 3 heterocycles. The molecule has 0 aromatic carbocycles. The average Bonchev–Trinajstić information content (AvgIpc) is 2.83. The molecule has 0 spiro atoms. The highest BCUT2D eigenvalue weighted by Crippen LogP contribution is 2.40. The third-order valence-corrected chi connectivity index (χ3v) is 6.76. The van der Waals surface area contributed by atoms with Crippen LogP contribution in [-0.2, 0) is 16.6 Å². The minimum absolute atomic E-state index is 0.0241. The summed E-state index contributed by atoms with van der Waals surface area (Å²) >= 11 is 0. The third-order valence-electron chi connectivity index (χ3n) is 6.76. The molecule has 1 saturated carbocycles. The Morgan fingerprint density at radius 1 is 1.03 bits per heavy atom. The highest BCUT2D eigenvalue weighted by atomic mass is 19.4. The van der Waals surface area contributed by atoms with E-state index in [-0.39, 0.29) is 17.7 Å². The van der Waals surface area contributed by atoms with Crippen molar-refractivity contribution in [3.05, 3.63) is 65.6 Å². The van der Waals surface area contributed by atoms with E-state index < -0.39 is 23.3 Å². The highest BCUT2D eigenvalue weighted by Gasteiger charge is 2.39. The zero-order valence-corrected chi connectivity index (χ0v) is 19.9. The topological polar surface area (TPSA) is 108 Å². The summed E-state index contributed by atoms with van der Waals surface area (Å²) in [5, 5.41) is 23.3. The lowest BCUT2D eigenvalue weighted by Gasteiger charge is -2.36. The van der Waals surface area contributed by atoms with Gasteiger partial charge < -0.3 is 15.5 Å². The maximum absolute atomic E-state index is 13.0. The molecule has 0 radical (unpaired) electrons. The number of anilines is 2. The largest absolute Gasteiger partial charge is 0.481 e. The number of hydrogen-bond acceptors (Lipinski definition) is 6. The molecule has 0 aliphatic heterocycles. The summed E-state index contributed by atoms with van der Waals surface area (Å²) in [6.45, 7) is 3.55. The summed E-state index contributed by atoms with van der Waals surface area (Å²) in [6, 6.07) is 8.86. The van der Waals surface area contributed by atoms with E-state index in [0.717, 1.165) is 23.9 Å². The summed E-state index contributed by atoms with van der Waals surface area (Å²) in [5.74, 6) is -0.897. The molecule has 190 valence electrons. The molecular weight excluding hydrogens is 473 g/mol. The number of carboxylic acid groups (broad SMARTS) is 1. The molecule has 1 atom stereocenters. The number of nitrogens with one attached hydrogen (secondary N) is 1. The highest BCUT2D eigenvalue weighted by molar-refractivity contribution is 5.70. The predicted molar refractivity (Wildman–Crippen MR) is 127 cm³/mol. The van der Waals surface area contributed by atoms with Crippen LogP contribution in [0.1, 0.15) is 49.4 Å². The molecule has 4 rings (SSSR count). The number of carboxylic acids is 1. The fourth-order valence-corrected chi connectivity index (χ4v) is 4.64. The van der Waals surface area contributed by atoms with E-state index in [2.05, 4.69) is 20.3 Å². The van der Waals surface area contributed by atoms with E-state index in [1.165, 1.54) is 0 Å². The molecule has 0 saturated heterocycles. The van der Waals surface area contributed by atoms with Crippen molar-refractivity contribution in [2.24, 2.45) is 11.8 Å². The van der Waals surface area contributed by atoms with E-state index in [1.807, 2.05) is 13.0 Å². The van der Waals surface area contributed by atoms with Gasteiger partial charge in [-0.2, -0.15) is 13.2 Å². The Hall–Kier alpha value is -3.53. The third kappa shape index (κ3) is 5.64. The van der Waals surface area contributed by atoms with Crippen LogP contribution in [-0.4, -0.2) is 31.1 Å². The zero-order valence-electron chi connectivity index (χ0n) is 19.9. The molecular formula is C26H27F3N4O3. The first-order valence-corrected chi connectivity index (χ1v) is 11.6. The Labute approximate surface area is 206 Å². The van der Waals surface area contributed by atoms with E-state index in [9.17, 15) is 28.2 Å². The lowest BCUT2D eigenvalue weighted by Crippen LogP contribution is -2.36. The van der Waals surface area contributed by atoms with Crippen molar-refractivity contribution in [3.63, 3.8) is 0 Å². The lowest BCUT2D eigenvalue weighted by atomic mass is 9.73. The minimum Gasteiger partial charge on any atom is -0.481 e. The smallest absolute Gasteiger partial charge is 0.416 e. The van der Waals surface area contributed by atoms with Gasteiger partial charge in [0, 0.05) is 18.0 Å². The van der Waals surface area contributed by atoms with Crippen LogP contribution < -0.4 is 5.32 Å². The van der Waals surface area contributed by atoms with E-state index in [4.69, 9.17) is 0 Å². The van der Waals surface area contributed by atoms with Gasteiger partial charge >= 0.3 is 12.1 Å². The van der Waals surface area contributed by atoms with Crippen molar-refractivity contribution in [2.45, 2.75) is 51.3 Å². The van der Waals surface area contributed by atoms with Crippen LogP contribution in [0.4, 0.5) is 24.8 Å². The normalized spacial score (nSPS) is 19.9. The number of aliphatic carboxylic acids is 1. The van der Waals surface area contributed by atoms with Crippen molar-refractivity contribution in [1.82, 2.24) is 15.0 Å². The molecule has 1 aliphatic carbocycles. The van der Waals surface area contributed by atoms with Gasteiger partial charge in [0.2, 0.25) is 0 Å². The molecule has 0 bridgehead atoms. The van der Waals surface area contributed by atoms with Crippen molar-refractivity contribution in [3.8, 4) is 11.3 Å². The van der Waals surface area contributed by atoms with Crippen LogP contribution in [0, 0.1) is 18.8 Å². The standard InChI is InChI=1S/C26H27F3N4O3/c1-15-11-20(32-23(12-15)33-22-13-19(9-10-30-22)26(27,28)29)17-5-8-21(31-14-17)25(2,36)18-6-3-16(4-7-18)24(34)35/h5,8-14,16,18,36H,3-4,6-7H2,1-2H3,(H,34,35)(H,30,32,33)/t16-,18-,25?. The second kappa shape index (κ2) is 9.85. The van der Waals surface area contributed by atoms with Crippen LogP contribution in [0.2, 0.25) is 0 Å². The number of carbonyl (C=O) groups is 1. The maximum Gasteiger partial charge on any atom is 0.416 e. The molecule has 3 aromatic heterocycles. The maximum atomic E-state index is 13.0. The van der Waals surface area contributed by atoms with Gasteiger partial charge in [0.05, 0.1) is 22.9 Å². The number of aryl methyl sites for hydroxylation is 1. The molecule has 1 unspecified atom stereocenters. The number of hydrogen-bond donors (Lipinski definition) is 3. The lowest BCUT2D eigenvalue weighted by molar-refractivity contribution is -0.144. The van der Waals surface area contributed by atoms with Gasteiger partial charge in [-0.15, -0.1) is 0 Å². The number of pyridine rings is 3. The SMILES string of the molecule is Cc1cc(Nc2cc(C(F)(F)F)ccn2)nc(-c2ccc(C(C)(O)[C@H]3CC[C@H](C(=O)O)CC3)nc2)c1. The summed E-state index contributed by atoms with van der Waals surface area (Å²) in [7, 11) is 0. The van der Waals surface area contributed by atoms with E-state index >= 15 is 0 Å². The minimum atomic E-state index is -4.48. The summed E-state index contributed by atoms with van der Waals surface area (Å²) in [5.41, 5.74) is 0.545. The number of nitrogens with zero attached hydrogens (tertiary/aromatic N) is 3. The average molecular weight is 501 g/mol. The first-order chi connectivity index (χ1) is 16.9. The Bertz CT molecular complexity index is 1240. The van der Waals surface area contributed by atoms with Crippen LogP contribution in [0.25, 0.3) is 11.3 Å². The van der Waals surface area contributed by atoms with Gasteiger partial charge in [-0.3, -0.25) is 9.78 Å². The number of halogens is 3. The Kier molecular flexibility index (Phi) is 6.99. The predicted octanol–water partition coefficient (Wildman–Crippen LogP) is 5.71. The molecule has 10 heteroatoms. The Morgan fingerprint density at radius 3 is 2.36 bits per heavy atom. The fraction of sp³-hybridized carbons (Fsp3) is 0.385. The van der Waals surface area contributed by atoms with Crippen molar-refractivity contribution >= 4 is 17.6 Å². The van der Waals surface area contributed by atoms with Crippen molar-refractivity contribution in [1.29, 1.82) is 0 Å². The number of aromatic nitrogens is 3. The van der Waals surface area contributed by atoms with Gasteiger partial charge in [0.25, 0.3) is 0 Å². The summed E-state index contributed by atoms with van der Waals surface area (Å²) in [6.07, 6.45) is 0.465. The molecule has 3 aromatic rings. The Balaban J connectivity index is 1.52. The molecule has 7 nitrogen and oxygen atoms in total. The Morgan fingerprint density at radius 2 is 1.75 bits per heavy atom. The van der Waals surface area contributed by atoms with Gasteiger partial charge in [-0.1, -0.05) is 0 Å². The molecule has 1 aliphatic rings. The summed E-state index contributed by atoms with van der Waals surface area (Å²) in [4.78, 5) is 24.2. The van der Waals surface area contributed by atoms with Crippen LogP contribution in [0.15, 0.2) is 48.8 Å². The van der Waals surface area contributed by atoms with E-state index in [0.29, 0.717) is 48.5 Å². The number of aliphatic hydroxyl groups is 1. The van der Waals surface area contributed by atoms with Crippen molar-refractivity contribution in [2.75, 3.05) is 5.32 Å². The van der Waals surface area contributed by atoms with E-state index in [1.54, 1.807) is 31.3 Å². The van der Waals surface area contributed by atoms with Gasteiger partial charge in [-0.05, 0) is 87.4 Å². The fourth-order valence-electron chi connectivity index (χ4n) is 4.64. The second-order valence-electron chi connectivity index (χ2n) is 9.43. The van der Waals surface area contributed by atoms with Gasteiger partial charge in [0.15, 0.2) is 0 Å². The molecule has 0 amide bonds. The van der Waals surface area contributed by atoms with Crippen LogP contribution in [0.5, 0.6) is 0 Å². The van der Waals surface area contributed by atoms with Crippen molar-refractivity contribution < 1.29 is 28.2 Å². The molecule has 1 fully saturated rings.